The first-order valence-corrected chi connectivity index (χ1v) is 13.8. The molecular formula is C29H35N3O5S. The summed E-state index contributed by atoms with van der Waals surface area (Å²) in [5.74, 6) is -0.145. The summed E-state index contributed by atoms with van der Waals surface area (Å²) in [5, 5.41) is 2.63. The zero-order valence-corrected chi connectivity index (χ0v) is 23.3. The Morgan fingerprint density at radius 1 is 0.947 bits per heavy atom. The summed E-state index contributed by atoms with van der Waals surface area (Å²) in [6.07, 6.45) is 0.358. The fourth-order valence-corrected chi connectivity index (χ4v) is 5.78. The Bertz CT molecular complexity index is 1340. The van der Waals surface area contributed by atoms with Gasteiger partial charge in [-0.1, -0.05) is 43.3 Å². The summed E-state index contributed by atoms with van der Waals surface area (Å²) < 4.78 is 34.0. The number of likely N-dealkylation sites (N-methyl/N-ethyl adjacent to an activating group) is 1. The van der Waals surface area contributed by atoms with Crippen molar-refractivity contribution in [3.05, 3.63) is 89.5 Å². The monoisotopic (exact) mass is 537 g/mol. The minimum absolute atomic E-state index is 0.0759. The van der Waals surface area contributed by atoms with Crippen molar-refractivity contribution in [2.75, 3.05) is 25.0 Å². The summed E-state index contributed by atoms with van der Waals surface area (Å²) in [5.41, 5.74) is 2.91. The standard InChI is InChI=1S/C29H35N3O5S/c1-6-27(29(34)30-4)31(19-23-12-14-25(37-5)15-13-23)28(33)20-32(24-17-21(2)16-22(3)18-24)38(35,36)26-10-8-7-9-11-26/h7-18,27H,6,19-20H2,1-5H3,(H,30,34)/t27-/m1/s1. The van der Waals surface area contributed by atoms with Crippen molar-refractivity contribution in [1.29, 1.82) is 0 Å². The number of hydrogen-bond donors (Lipinski definition) is 1. The molecule has 0 bridgehead atoms. The summed E-state index contributed by atoms with van der Waals surface area (Å²) in [6.45, 7) is 5.22. The van der Waals surface area contributed by atoms with Crippen molar-refractivity contribution in [1.82, 2.24) is 10.2 Å². The number of methoxy groups -OCH3 is 1. The molecule has 0 saturated carbocycles. The van der Waals surface area contributed by atoms with E-state index in [1.54, 1.807) is 49.6 Å². The van der Waals surface area contributed by atoms with Crippen molar-refractivity contribution in [3.8, 4) is 5.75 Å². The zero-order valence-electron chi connectivity index (χ0n) is 22.5. The molecule has 8 nitrogen and oxygen atoms in total. The highest BCUT2D eigenvalue weighted by molar-refractivity contribution is 7.92. The summed E-state index contributed by atoms with van der Waals surface area (Å²) in [4.78, 5) is 28.2. The van der Waals surface area contributed by atoms with Crippen molar-refractivity contribution < 1.29 is 22.7 Å². The van der Waals surface area contributed by atoms with Crippen LogP contribution in [0.3, 0.4) is 0 Å². The fourth-order valence-electron chi connectivity index (χ4n) is 4.36. The minimum Gasteiger partial charge on any atom is -0.497 e. The average molecular weight is 538 g/mol. The van der Waals surface area contributed by atoms with Crippen molar-refractivity contribution >= 4 is 27.5 Å². The predicted molar refractivity (Wildman–Crippen MR) is 149 cm³/mol. The molecule has 9 heteroatoms. The third-order valence-corrected chi connectivity index (χ3v) is 8.04. The fraction of sp³-hybridized carbons (Fsp3) is 0.310. The van der Waals surface area contributed by atoms with E-state index in [0.717, 1.165) is 21.0 Å². The Balaban J connectivity index is 2.07. The second-order valence-corrected chi connectivity index (χ2v) is 10.9. The third-order valence-electron chi connectivity index (χ3n) is 6.25. The number of anilines is 1. The van der Waals surface area contributed by atoms with E-state index in [4.69, 9.17) is 4.74 Å². The molecule has 0 aliphatic carbocycles. The zero-order chi connectivity index (χ0) is 27.9. The van der Waals surface area contributed by atoms with Crippen molar-refractivity contribution in [3.63, 3.8) is 0 Å². The van der Waals surface area contributed by atoms with Gasteiger partial charge in [0.05, 0.1) is 17.7 Å². The normalized spacial score (nSPS) is 11.9. The molecule has 1 N–H and O–H groups in total. The lowest BCUT2D eigenvalue weighted by atomic mass is 10.1. The first-order valence-electron chi connectivity index (χ1n) is 12.4. The smallest absolute Gasteiger partial charge is 0.264 e. The van der Waals surface area contributed by atoms with Gasteiger partial charge in [-0.25, -0.2) is 8.42 Å². The van der Waals surface area contributed by atoms with E-state index in [9.17, 15) is 18.0 Å². The highest BCUT2D eigenvalue weighted by Gasteiger charge is 2.33. The van der Waals surface area contributed by atoms with Crippen LogP contribution in [-0.4, -0.2) is 51.9 Å². The van der Waals surface area contributed by atoms with Crippen LogP contribution >= 0.6 is 0 Å². The van der Waals surface area contributed by atoms with Gasteiger partial charge in [0.1, 0.15) is 18.3 Å². The van der Waals surface area contributed by atoms with E-state index in [-0.39, 0.29) is 17.3 Å². The van der Waals surface area contributed by atoms with Gasteiger partial charge in [-0.3, -0.25) is 13.9 Å². The lowest BCUT2D eigenvalue weighted by Crippen LogP contribution is -2.51. The van der Waals surface area contributed by atoms with Gasteiger partial charge < -0.3 is 15.0 Å². The maximum Gasteiger partial charge on any atom is 0.264 e. The molecule has 3 rings (SSSR count). The quantitative estimate of drug-likeness (QED) is 0.398. The molecule has 0 unspecified atom stereocenters. The maximum absolute atomic E-state index is 13.9. The van der Waals surface area contributed by atoms with Crippen LogP contribution in [0.4, 0.5) is 5.69 Å². The molecule has 2 amide bonds. The second kappa shape index (κ2) is 12.6. The van der Waals surface area contributed by atoms with Gasteiger partial charge in [-0.2, -0.15) is 0 Å². The molecule has 3 aromatic rings. The molecule has 0 heterocycles. The van der Waals surface area contributed by atoms with E-state index in [1.807, 2.05) is 39.0 Å². The van der Waals surface area contributed by atoms with Gasteiger partial charge in [-0.05, 0) is 73.4 Å². The number of carbonyl (C=O) groups is 2. The van der Waals surface area contributed by atoms with Crippen molar-refractivity contribution in [2.24, 2.45) is 0 Å². The van der Waals surface area contributed by atoms with Crippen LogP contribution in [0.2, 0.25) is 0 Å². The maximum atomic E-state index is 13.9. The topological polar surface area (TPSA) is 96.0 Å². The Kier molecular flexibility index (Phi) is 9.52. The van der Waals surface area contributed by atoms with E-state index in [1.165, 1.54) is 24.1 Å². The number of benzene rings is 3. The predicted octanol–water partition coefficient (Wildman–Crippen LogP) is 4.06. The first kappa shape index (κ1) is 28.7. The van der Waals surface area contributed by atoms with E-state index in [2.05, 4.69) is 5.32 Å². The molecule has 1 atom stereocenters. The minimum atomic E-state index is -4.09. The van der Waals surface area contributed by atoms with Crippen LogP contribution in [0.15, 0.2) is 77.7 Å². The van der Waals surface area contributed by atoms with E-state index < -0.39 is 28.5 Å². The van der Waals surface area contributed by atoms with Gasteiger partial charge in [0, 0.05) is 13.6 Å². The molecule has 0 spiro atoms. The average Bonchev–Trinajstić information content (AvgIpc) is 2.91. The molecular weight excluding hydrogens is 502 g/mol. The first-order chi connectivity index (χ1) is 18.1. The number of rotatable bonds is 11. The SMILES string of the molecule is CC[C@H](C(=O)NC)N(Cc1ccc(OC)cc1)C(=O)CN(c1cc(C)cc(C)c1)S(=O)(=O)c1ccccc1. The largest absolute Gasteiger partial charge is 0.497 e. The molecule has 3 aromatic carbocycles. The molecule has 38 heavy (non-hydrogen) atoms. The molecule has 0 saturated heterocycles. The Hall–Kier alpha value is -3.85. The number of carbonyl (C=O) groups excluding carboxylic acids is 2. The third kappa shape index (κ3) is 6.72. The highest BCUT2D eigenvalue weighted by Crippen LogP contribution is 2.27. The number of nitrogens with one attached hydrogen (secondary N) is 1. The van der Waals surface area contributed by atoms with Crippen LogP contribution in [0.1, 0.15) is 30.0 Å². The summed E-state index contributed by atoms with van der Waals surface area (Å²) >= 11 is 0. The van der Waals surface area contributed by atoms with Crippen molar-refractivity contribution in [2.45, 2.75) is 44.7 Å². The molecule has 0 fully saturated rings. The lowest BCUT2D eigenvalue weighted by Gasteiger charge is -2.33. The number of sulfonamides is 1. The Morgan fingerprint density at radius 2 is 1.55 bits per heavy atom. The molecule has 0 aliphatic heterocycles. The van der Waals surface area contributed by atoms with Crippen LogP contribution in [0.25, 0.3) is 0 Å². The number of hydrogen-bond acceptors (Lipinski definition) is 5. The summed E-state index contributed by atoms with van der Waals surface area (Å²) in [6, 6.07) is 19.9. The van der Waals surface area contributed by atoms with Gasteiger partial charge in [0.2, 0.25) is 11.8 Å². The van der Waals surface area contributed by atoms with Crippen LogP contribution in [0, 0.1) is 13.8 Å². The number of ether oxygens (including phenoxy) is 1. The lowest BCUT2D eigenvalue weighted by molar-refractivity contribution is -0.140. The van der Waals surface area contributed by atoms with Gasteiger partial charge >= 0.3 is 0 Å². The van der Waals surface area contributed by atoms with Gasteiger partial charge in [0.25, 0.3) is 10.0 Å². The Labute approximate surface area is 225 Å². The van der Waals surface area contributed by atoms with E-state index >= 15 is 0 Å². The van der Waals surface area contributed by atoms with Gasteiger partial charge in [0.15, 0.2) is 0 Å². The van der Waals surface area contributed by atoms with Gasteiger partial charge in [-0.15, -0.1) is 0 Å². The van der Waals surface area contributed by atoms with E-state index in [0.29, 0.717) is 17.9 Å². The molecule has 0 radical (unpaired) electrons. The molecule has 0 aliphatic rings. The number of aryl methyl sites for hydroxylation is 2. The highest BCUT2D eigenvalue weighted by atomic mass is 32.2. The molecule has 0 aromatic heterocycles. The molecule has 202 valence electrons. The second-order valence-electron chi connectivity index (χ2n) is 9.08. The number of amides is 2. The van der Waals surface area contributed by atoms with Crippen LogP contribution in [0.5, 0.6) is 5.75 Å². The Morgan fingerprint density at radius 3 is 2.08 bits per heavy atom. The van der Waals surface area contributed by atoms with Crippen LogP contribution < -0.4 is 14.4 Å². The summed E-state index contributed by atoms with van der Waals surface area (Å²) in [7, 11) is -1.00. The van der Waals surface area contributed by atoms with Crippen LogP contribution in [-0.2, 0) is 26.2 Å². The number of nitrogens with zero attached hydrogens (tertiary/aromatic N) is 2.